The number of carbonyl (C=O) groups is 1. The molecule has 0 aromatic heterocycles. The van der Waals surface area contributed by atoms with Crippen molar-refractivity contribution in [3.8, 4) is 0 Å². The lowest BCUT2D eigenvalue weighted by Crippen LogP contribution is -2.32. The van der Waals surface area contributed by atoms with E-state index in [-0.39, 0.29) is 0 Å². The van der Waals surface area contributed by atoms with Crippen LogP contribution in [0.4, 0.5) is 0 Å². The Morgan fingerprint density at radius 1 is 1.12 bits per heavy atom. The Kier molecular flexibility index (Phi) is 6.97. The van der Waals surface area contributed by atoms with Crippen LogP contribution in [-0.4, -0.2) is 23.6 Å². The Balaban J connectivity index is 1.80. The van der Waals surface area contributed by atoms with Crippen molar-refractivity contribution < 1.29 is 9.90 Å². The highest BCUT2D eigenvalue weighted by molar-refractivity contribution is 5.92. The highest BCUT2D eigenvalue weighted by atomic mass is 16.3. The lowest BCUT2D eigenvalue weighted by molar-refractivity contribution is 0.100. The van der Waals surface area contributed by atoms with E-state index < -0.39 is 12.0 Å². The molecule has 2 atom stereocenters. The summed E-state index contributed by atoms with van der Waals surface area (Å²) < 4.78 is 0. The molecule has 0 saturated carbocycles. The zero-order valence-corrected chi connectivity index (χ0v) is 14.1. The van der Waals surface area contributed by atoms with E-state index in [0.717, 1.165) is 24.8 Å². The van der Waals surface area contributed by atoms with Gasteiger partial charge < -0.3 is 16.2 Å². The van der Waals surface area contributed by atoms with Gasteiger partial charge in [0.1, 0.15) is 0 Å². The van der Waals surface area contributed by atoms with Crippen molar-refractivity contribution in [2.45, 2.75) is 38.3 Å². The Morgan fingerprint density at radius 3 is 2.38 bits per heavy atom. The molecule has 2 aromatic carbocycles. The SMILES string of the molecule is CC[C@H](CCc1ccc(C(N)=O)cc1)NC[C@@H](O)c1ccccc1. The maximum Gasteiger partial charge on any atom is 0.248 e. The average Bonchev–Trinajstić information content (AvgIpc) is 2.62. The van der Waals surface area contributed by atoms with Crippen molar-refractivity contribution in [2.24, 2.45) is 5.73 Å². The first-order chi connectivity index (χ1) is 11.6. The third-order valence-corrected chi connectivity index (χ3v) is 4.30. The van der Waals surface area contributed by atoms with Gasteiger partial charge in [-0.15, -0.1) is 0 Å². The van der Waals surface area contributed by atoms with Gasteiger partial charge in [0, 0.05) is 18.2 Å². The summed E-state index contributed by atoms with van der Waals surface area (Å²) in [7, 11) is 0. The van der Waals surface area contributed by atoms with Crippen molar-refractivity contribution >= 4 is 5.91 Å². The molecule has 0 bridgehead atoms. The number of aliphatic hydroxyl groups is 1. The topological polar surface area (TPSA) is 75.4 Å². The predicted octanol–water partition coefficient (Wildman–Crippen LogP) is 2.82. The van der Waals surface area contributed by atoms with Gasteiger partial charge in [-0.1, -0.05) is 49.4 Å². The molecule has 0 radical (unpaired) electrons. The van der Waals surface area contributed by atoms with Gasteiger partial charge in [-0.05, 0) is 42.5 Å². The Morgan fingerprint density at radius 2 is 1.79 bits per heavy atom. The molecular weight excluding hydrogens is 300 g/mol. The van der Waals surface area contributed by atoms with Gasteiger partial charge in [-0.25, -0.2) is 0 Å². The van der Waals surface area contributed by atoms with Gasteiger partial charge in [0.25, 0.3) is 0 Å². The first kappa shape index (κ1) is 18.2. The van der Waals surface area contributed by atoms with E-state index >= 15 is 0 Å². The molecule has 0 saturated heterocycles. The van der Waals surface area contributed by atoms with Crippen LogP contribution in [0.25, 0.3) is 0 Å². The van der Waals surface area contributed by atoms with E-state index in [2.05, 4.69) is 12.2 Å². The second-order valence-corrected chi connectivity index (χ2v) is 6.04. The summed E-state index contributed by atoms with van der Waals surface area (Å²) in [4.78, 5) is 11.1. The number of carbonyl (C=O) groups excluding carboxylic acids is 1. The smallest absolute Gasteiger partial charge is 0.248 e. The van der Waals surface area contributed by atoms with Crippen LogP contribution in [0, 0.1) is 0 Å². The van der Waals surface area contributed by atoms with Crippen LogP contribution in [0.2, 0.25) is 0 Å². The van der Waals surface area contributed by atoms with E-state index in [1.165, 1.54) is 5.56 Å². The number of aliphatic hydroxyl groups excluding tert-OH is 1. The molecular formula is C20H26N2O2. The molecule has 0 unspecified atom stereocenters. The van der Waals surface area contributed by atoms with Crippen LogP contribution in [0.15, 0.2) is 54.6 Å². The molecule has 128 valence electrons. The molecule has 0 heterocycles. The van der Waals surface area contributed by atoms with Crippen molar-refractivity contribution in [3.63, 3.8) is 0 Å². The minimum absolute atomic E-state index is 0.346. The molecule has 24 heavy (non-hydrogen) atoms. The normalized spacial score (nSPS) is 13.4. The summed E-state index contributed by atoms with van der Waals surface area (Å²) in [5.74, 6) is -0.399. The zero-order chi connectivity index (χ0) is 17.4. The zero-order valence-electron chi connectivity index (χ0n) is 14.1. The largest absolute Gasteiger partial charge is 0.387 e. The van der Waals surface area contributed by atoms with E-state index in [9.17, 15) is 9.90 Å². The standard InChI is InChI=1S/C20H26N2O2/c1-2-18(22-14-19(23)16-6-4-3-5-7-16)13-10-15-8-11-17(12-9-15)20(21)24/h3-9,11-12,18-19,22-23H,2,10,13-14H2,1H3,(H2,21,24)/t18-,19-/m1/s1. The summed E-state index contributed by atoms with van der Waals surface area (Å²) >= 11 is 0. The lowest BCUT2D eigenvalue weighted by Gasteiger charge is -2.20. The molecule has 0 fully saturated rings. The maximum absolute atomic E-state index is 11.1. The third-order valence-electron chi connectivity index (χ3n) is 4.30. The summed E-state index contributed by atoms with van der Waals surface area (Å²) in [6.45, 7) is 2.69. The molecule has 0 spiro atoms. The number of primary amides is 1. The van der Waals surface area contributed by atoms with Crippen LogP contribution in [0.1, 0.15) is 47.4 Å². The van der Waals surface area contributed by atoms with Crippen LogP contribution in [0.3, 0.4) is 0 Å². The first-order valence-electron chi connectivity index (χ1n) is 8.45. The van der Waals surface area contributed by atoms with Gasteiger partial charge in [0.15, 0.2) is 0 Å². The highest BCUT2D eigenvalue weighted by Crippen LogP contribution is 2.13. The molecule has 0 aliphatic rings. The van der Waals surface area contributed by atoms with Crippen LogP contribution < -0.4 is 11.1 Å². The van der Waals surface area contributed by atoms with Crippen molar-refractivity contribution in [3.05, 3.63) is 71.3 Å². The fraction of sp³-hybridized carbons (Fsp3) is 0.350. The quantitative estimate of drug-likeness (QED) is 0.663. The van der Waals surface area contributed by atoms with Crippen LogP contribution in [0.5, 0.6) is 0 Å². The molecule has 0 aliphatic heterocycles. The summed E-state index contributed by atoms with van der Waals surface area (Å²) in [6, 6.07) is 17.5. The number of hydrogen-bond acceptors (Lipinski definition) is 3. The number of nitrogens with one attached hydrogen (secondary N) is 1. The van der Waals surface area contributed by atoms with Crippen molar-refractivity contribution in [1.82, 2.24) is 5.32 Å². The summed E-state index contributed by atoms with van der Waals surface area (Å²) in [5.41, 5.74) is 7.90. The minimum Gasteiger partial charge on any atom is -0.387 e. The number of aryl methyl sites for hydroxylation is 1. The molecule has 2 rings (SSSR count). The van der Waals surface area contributed by atoms with Gasteiger partial charge in [0.2, 0.25) is 5.91 Å². The van der Waals surface area contributed by atoms with Crippen LogP contribution >= 0.6 is 0 Å². The van der Waals surface area contributed by atoms with E-state index in [0.29, 0.717) is 18.2 Å². The highest BCUT2D eigenvalue weighted by Gasteiger charge is 2.11. The van der Waals surface area contributed by atoms with Crippen LogP contribution in [-0.2, 0) is 6.42 Å². The number of rotatable bonds is 9. The predicted molar refractivity (Wildman–Crippen MR) is 96.8 cm³/mol. The second-order valence-electron chi connectivity index (χ2n) is 6.04. The Bertz CT molecular complexity index is 626. The second kappa shape index (κ2) is 9.21. The van der Waals surface area contributed by atoms with Gasteiger partial charge >= 0.3 is 0 Å². The monoisotopic (exact) mass is 326 g/mol. The van der Waals surface area contributed by atoms with Crippen molar-refractivity contribution in [1.29, 1.82) is 0 Å². The van der Waals surface area contributed by atoms with Crippen molar-refractivity contribution in [2.75, 3.05) is 6.54 Å². The Hall–Kier alpha value is -2.17. The molecule has 1 amide bonds. The van der Waals surface area contributed by atoms with Gasteiger partial charge in [-0.3, -0.25) is 4.79 Å². The number of benzene rings is 2. The maximum atomic E-state index is 11.1. The molecule has 4 nitrogen and oxygen atoms in total. The van der Waals surface area contributed by atoms with E-state index in [1.807, 2.05) is 42.5 Å². The number of amides is 1. The number of nitrogens with two attached hydrogens (primary N) is 1. The molecule has 4 heteroatoms. The minimum atomic E-state index is -0.491. The Labute approximate surface area is 143 Å². The summed E-state index contributed by atoms with van der Waals surface area (Å²) in [6.07, 6.45) is 2.41. The summed E-state index contributed by atoms with van der Waals surface area (Å²) in [5, 5.41) is 13.7. The van der Waals surface area contributed by atoms with E-state index in [1.54, 1.807) is 12.1 Å². The fourth-order valence-electron chi connectivity index (χ4n) is 2.70. The molecule has 2 aromatic rings. The van der Waals surface area contributed by atoms with Gasteiger partial charge in [-0.2, -0.15) is 0 Å². The number of hydrogen-bond donors (Lipinski definition) is 3. The third kappa shape index (κ3) is 5.48. The molecule has 0 aliphatic carbocycles. The fourth-order valence-corrected chi connectivity index (χ4v) is 2.70. The molecule has 4 N–H and O–H groups in total. The van der Waals surface area contributed by atoms with Gasteiger partial charge in [0.05, 0.1) is 6.10 Å². The average molecular weight is 326 g/mol. The first-order valence-corrected chi connectivity index (χ1v) is 8.45. The van der Waals surface area contributed by atoms with E-state index in [4.69, 9.17) is 5.73 Å². The lowest BCUT2D eigenvalue weighted by atomic mass is 10.0.